The third kappa shape index (κ3) is 3.21. The number of aliphatic carboxylic acids is 1. The lowest BCUT2D eigenvalue weighted by molar-refractivity contribution is -0.138. The minimum absolute atomic E-state index is 0.248. The molecule has 5 heteroatoms. The molecule has 0 heterocycles. The standard InChI is InChI=1S/C10H12BrNO3/c1-15-9-3-2-7(11)4-6(9)5-8(12)10(13)14/h2-4,8H,5,12H2,1H3,(H,13,14)/t8-/m1/s1. The van der Waals surface area contributed by atoms with Crippen LogP contribution in [0.25, 0.3) is 0 Å². The van der Waals surface area contributed by atoms with Gasteiger partial charge in [-0.15, -0.1) is 0 Å². The Balaban J connectivity index is 2.91. The molecule has 0 unspecified atom stereocenters. The third-order valence-electron chi connectivity index (χ3n) is 2.00. The molecule has 0 amide bonds. The average Bonchev–Trinajstić information content (AvgIpc) is 2.18. The van der Waals surface area contributed by atoms with Gasteiger partial charge in [-0.1, -0.05) is 15.9 Å². The summed E-state index contributed by atoms with van der Waals surface area (Å²) >= 11 is 3.31. The molecule has 1 aromatic carbocycles. The van der Waals surface area contributed by atoms with Gasteiger partial charge in [-0.05, 0) is 23.8 Å². The van der Waals surface area contributed by atoms with Crippen LogP contribution in [0.4, 0.5) is 0 Å². The van der Waals surface area contributed by atoms with E-state index in [1.807, 2.05) is 12.1 Å². The van der Waals surface area contributed by atoms with Gasteiger partial charge in [-0.2, -0.15) is 0 Å². The molecule has 0 saturated carbocycles. The van der Waals surface area contributed by atoms with Crippen LogP contribution in [0.1, 0.15) is 5.56 Å². The molecule has 0 aliphatic rings. The lowest BCUT2D eigenvalue weighted by Crippen LogP contribution is -2.32. The molecule has 82 valence electrons. The van der Waals surface area contributed by atoms with Crippen LogP contribution in [0.5, 0.6) is 5.75 Å². The molecule has 0 spiro atoms. The quantitative estimate of drug-likeness (QED) is 0.870. The van der Waals surface area contributed by atoms with E-state index in [2.05, 4.69) is 15.9 Å². The van der Waals surface area contributed by atoms with Crippen molar-refractivity contribution in [3.8, 4) is 5.75 Å². The molecule has 0 aliphatic heterocycles. The summed E-state index contributed by atoms with van der Waals surface area (Å²) in [5.41, 5.74) is 6.23. The van der Waals surface area contributed by atoms with Crippen LogP contribution >= 0.6 is 15.9 Å². The van der Waals surface area contributed by atoms with E-state index < -0.39 is 12.0 Å². The number of rotatable bonds is 4. The van der Waals surface area contributed by atoms with Gasteiger partial charge in [0.2, 0.25) is 0 Å². The average molecular weight is 274 g/mol. The Hall–Kier alpha value is -1.07. The Bertz CT molecular complexity index is 368. The highest BCUT2D eigenvalue weighted by Crippen LogP contribution is 2.23. The smallest absolute Gasteiger partial charge is 0.320 e. The summed E-state index contributed by atoms with van der Waals surface area (Å²) < 4.78 is 5.98. The number of carbonyl (C=O) groups is 1. The minimum Gasteiger partial charge on any atom is -0.496 e. The Labute approximate surface area is 96.2 Å². The SMILES string of the molecule is COc1ccc(Br)cc1C[C@@H](N)C(=O)O. The number of ether oxygens (including phenoxy) is 1. The van der Waals surface area contributed by atoms with Crippen molar-refractivity contribution < 1.29 is 14.6 Å². The second-order valence-corrected chi connectivity index (χ2v) is 4.02. The molecule has 1 rings (SSSR count). The van der Waals surface area contributed by atoms with Gasteiger partial charge in [0.25, 0.3) is 0 Å². The number of methoxy groups -OCH3 is 1. The van der Waals surface area contributed by atoms with E-state index in [-0.39, 0.29) is 6.42 Å². The van der Waals surface area contributed by atoms with E-state index in [9.17, 15) is 4.79 Å². The molecule has 0 bridgehead atoms. The summed E-state index contributed by atoms with van der Waals surface area (Å²) in [7, 11) is 1.54. The van der Waals surface area contributed by atoms with Crippen molar-refractivity contribution in [2.24, 2.45) is 5.73 Å². The third-order valence-corrected chi connectivity index (χ3v) is 2.49. The number of carboxylic acids is 1. The number of nitrogens with two attached hydrogens (primary N) is 1. The van der Waals surface area contributed by atoms with Gasteiger partial charge in [0.1, 0.15) is 11.8 Å². The number of hydrogen-bond acceptors (Lipinski definition) is 3. The fourth-order valence-corrected chi connectivity index (χ4v) is 1.64. The van der Waals surface area contributed by atoms with Crippen LogP contribution in [-0.4, -0.2) is 24.2 Å². The van der Waals surface area contributed by atoms with Crippen LogP contribution < -0.4 is 10.5 Å². The second kappa shape index (κ2) is 5.14. The molecular weight excluding hydrogens is 262 g/mol. The van der Waals surface area contributed by atoms with E-state index in [4.69, 9.17) is 15.6 Å². The van der Waals surface area contributed by atoms with E-state index in [1.165, 1.54) is 0 Å². The van der Waals surface area contributed by atoms with Crippen molar-refractivity contribution in [3.63, 3.8) is 0 Å². The zero-order chi connectivity index (χ0) is 11.4. The first-order valence-corrected chi connectivity index (χ1v) is 5.14. The fraction of sp³-hybridized carbons (Fsp3) is 0.300. The lowest BCUT2D eigenvalue weighted by Gasteiger charge is -2.11. The van der Waals surface area contributed by atoms with Crippen molar-refractivity contribution in [1.29, 1.82) is 0 Å². The van der Waals surface area contributed by atoms with Gasteiger partial charge in [-0.25, -0.2) is 0 Å². The molecule has 3 N–H and O–H groups in total. The van der Waals surface area contributed by atoms with Crippen LogP contribution in [0.2, 0.25) is 0 Å². The molecule has 0 saturated heterocycles. The van der Waals surface area contributed by atoms with E-state index in [0.717, 1.165) is 10.0 Å². The minimum atomic E-state index is -1.02. The molecule has 0 radical (unpaired) electrons. The van der Waals surface area contributed by atoms with E-state index >= 15 is 0 Å². The zero-order valence-corrected chi connectivity index (χ0v) is 9.82. The summed E-state index contributed by atoms with van der Waals surface area (Å²) in [6, 6.07) is 4.50. The Morgan fingerprint density at radius 1 is 1.67 bits per heavy atom. The Morgan fingerprint density at radius 2 is 2.33 bits per heavy atom. The van der Waals surface area contributed by atoms with Crippen molar-refractivity contribution in [2.45, 2.75) is 12.5 Å². The molecule has 4 nitrogen and oxygen atoms in total. The van der Waals surface area contributed by atoms with Gasteiger partial charge in [0.15, 0.2) is 0 Å². The molecule has 1 atom stereocenters. The van der Waals surface area contributed by atoms with E-state index in [0.29, 0.717) is 5.75 Å². The van der Waals surface area contributed by atoms with Crippen LogP contribution in [0, 0.1) is 0 Å². The first kappa shape index (κ1) is 12.0. The topological polar surface area (TPSA) is 72.5 Å². The highest BCUT2D eigenvalue weighted by atomic mass is 79.9. The van der Waals surface area contributed by atoms with Crippen molar-refractivity contribution >= 4 is 21.9 Å². The largest absolute Gasteiger partial charge is 0.496 e. The van der Waals surface area contributed by atoms with Crippen molar-refractivity contribution in [2.75, 3.05) is 7.11 Å². The summed E-state index contributed by atoms with van der Waals surface area (Å²) in [4.78, 5) is 10.6. The molecular formula is C10H12BrNO3. The van der Waals surface area contributed by atoms with Gasteiger partial charge >= 0.3 is 5.97 Å². The molecule has 0 aliphatic carbocycles. The van der Waals surface area contributed by atoms with E-state index in [1.54, 1.807) is 13.2 Å². The highest BCUT2D eigenvalue weighted by Gasteiger charge is 2.15. The first-order chi connectivity index (χ1) is 7.04. The Morgan fingerprint density at radius 3 is 2.87 bits per heavy atom. The van der Waals surface area contributed by atoms with Gasteiger partial charge < -0.3 is 15.6 Å². The maximum atomic E-state index is 10.6. The predicted octanol–water partition coefficient (Wildman–Crippen LogP) is 1.41. The molecule has 1 aromatic rings. The second-order valence-electron chi connectivity index (χ2n) is 3.11. The van der Waals surface area contributed by atoms with Crippen LogP contribution in [-0.2, 0) is 11.2 Å². The summed E-state index contributed by atoms with van der Waals surface area (Å²) in [6.45, 7) is 0. The van der Waals surface area contributed by atoms with Crippen molar-refractivity contribution in [1.82, 2.24) is 0 Å². The van der Waals surface area contributed by atoms with Crippen molar-refractivity contribution in [3.05, 3.63) is 28.2 Å². The molecule has 0 aromatic heterocycles. The zero-order valence-electron chi connectivity index (χ0n) is 8.24. The first-order valence-electron chi connectivity index (χ1n) is 4.35. The van der Waals surface area contributed by atoms with Gasteiger partial charge in [0.05, 0.1) is 7.11 Å². The summed E-state index contributed by atoms with van der Waals surface area (Å²) in [5, 5.41) is 8.70. The highest BCUT2D eigenvalue weighted by molar-refractivity contribution is 9.10. The maximum absolute atomic E-state index is 10.6. The number of benzene rings is 1. The van der Waals surface area contributed by atoms with Crippen LogP contribution in [0.3, 0.4) is 0 Å². The van der Waals surface area contributed by atoms with Gasteiger partial charge in [0, 0.05) is 10.9 Å². The number of hydrogen-bond donors (Lipinski definition) is 2. The molecule has 15 heavy (non-hydrogen) atoms. The normalized spacial score (nSPS) is 12.2. The Kier molecular flexibility index (Phi) is 4.11. The number of halogens is 1. The summed E-state index contributed by atoms with van der Waals surface area (Å²) in [5.74, 6) is -0.369. The van der Waals surface area contributed by atoms with Crippen LogP contribution in [0.15, 0.2) is 22.7 Å². The van der Waals surface area contributed by atoms with Gasteiger partial charge in [-0.3, -0.25) is 4.79 Å². The number of carboxylic acid groups (broad SMARTS) is 1. The monoisotopic (exact) mass is 273 g/mol. The predicted molar refractivity (Wildman–Crippen MR) is 60.0 cm³/mol. The lowest BCUT2D eigenvalue weighted by atomic mass is 10.1. The molecule has 0 fully saturated rings. The fourth-order valence-electron chi connectivity index (χ4n) is 1.23. The summed E-state index contributed by atoms with van der Waals surface area (Å²) in [6.07, 6.45) is 0.248. The maximum Gasteiger partial charge on any atom is 0.320 e.